The van der Waals surface area contributed by atoms with Crippen molar-refractivity contribution < 1.29 is 14.5 Å². The maximum absolute atomic E-state index is 11.7. The second-order valence-corrected chi connectivity index (χ2v) is 5.86. The molecule has 0 aliphatic heterocycles. The van der Waals surface area contributed by atoms with Crippen molar-refractivity contribution >= 4 is 40.6 Å². The van der Waals surface area contributed by atoms with E-state index in [1.807, 2.05) is 0 Å². The molecule has 0 aliphatic carbocycles. The molecule has 22 heavy (non-hydrogen) atoms. The van der Waals surface area contributed by atoms with Gasteiger partial charge in [0.2, 0.25) is 5.91 Å². The largest absolute Gasteiger partial charge is 0.272 e. The average molecular weight is 339 g/mol. The van der Waals surface area contributed by atoms with Gasteiger partial charge in [-0.1, -0.05) is 23.1 Å². The molecule has 0 bridgehead atoms. The van der Waals surface area contributed by atoms with Crippen LogP contribution in [0.2, 0.25) is 0 Å². The first-order valence-electron chi connectivity index (χ1n) is 5.79. The van der Waals surface area contributed by atoms with Gasteiger partial charge in [-0.2, -0.15) is 0 Å². The van der Waals surface area contributed by atoms with E-state index in [4.69, 9.17) is 0 Å². The van der Waals surface area contributed by atoms with E-state index in [-0.39, 0.29) is 17.0 Å². The SMILES string of the molecule is O=C(CSc1nncs1)NNC(=O)c1ccc([N+](=O)[O-])cc1. The van der Waals surface area contributed by atoms with E-state index in [0.29, 0.717) is 4.34 Å². The number of benzene rings is 1. The number of hydrazine groups is 1. The Morgan fingerprint density at radius 3 is 2.59 bits per heavy atom. The van der Waals surface area contributed by atoms with E-state index in [2.05, 4.69) is 21.0 Å². The van der Waals surface area contributed by atoms with Gasteiger partial charge in [0.15, 0.2) is 4.34 Å². The van der Waals surface area contributed by atoms with Crippen LogP contribution >= 0.6 is 23.1 Å². The molecule has 0 unspecified atom stereocenters. The Morgan fingerprint density at radius 1 is 1.27 bits per heavy atom. The lowest BCUT2D eigenvalue weighted by Gasteiger charge is -2.06. The number of nitrogens with one attached hydrogen (secondary N) is 2. The Labute approximate surface area is 132 Å². The molecule has 2 aromatic rings. The van der Waals surface area contributed by atoms with Crippen LogP contribution in [0.5, 0.6) is 0 Å². The van der Waals surface area contributed by atoms with Gasteiger partial charge in [0.1, 0.15) is 5.51 Å². The summed E-state index contributed by atoms with van der Waals surface area (Å²) in [4.78, 5) is 33.2. The van der Waals surface area contributed by atoms with Crippen molar-refractivity contribution in [3.63, 3.8) is 0 Å². The van der Waals surface area contributed by atoms with E-state index >= 15 is 0 Å². The minimum atomic E-state index is -0.566. The molecule has 1 aromatic heterocycles. The highest BCUT2D eigenvalue weighted by atomic mass is 32.2. The molecule has 2 amide bonds. The molecule has 0 aliphatic rings. The second-order valence-electron chi connectivity index (χ2n) is 3.80. The number of nitrogens with zero attached hydrogens (tertiary/aromatic N) is 3. The maximum Gasteiger partial charge on any atom is 0.269 e. The maximum atomic E-state index is 11.7. The predicted octanol–water partition coefficient (Wildman–Crippen LogP) is 1.000. The third kappa shape index (κ3) is 4.49. The summed E-state index contributed by atoms with van der Waals surface area (Å²) in [5.74, 6) is -0.893. The molecule has 0 saturated carbocycles. The summed E-state index contributed by atoms with van der Waals surface area (Å²) in [6, 6.07) is 5.02. The molecular weight excluding hydrogens is 330 g/mol. The normalized spacial score (nSPS) is 10.0. The first kappa shape index (κ1) is 15.9. The number of rotatable bonds is 5. The molecule has 0 saturated heterocycles. The predicted molar refractivity (Wildman–Crippen MR) is 79.3 cm³/mol. The fourth-order valence-electron chi connectivity index (χ4n) is 1.32. The molecule has 2 N–H and O–H groups in total. The zero-order valence-corrected chi connectivity index (χ0v) is 12.5. The summed E-state index contributed by atoms with van der Waals surface area (Å²) >= 11 is 2.50. The van der Waals surface area contributed by atoms with Crippen LogP contribution in [0.4, 0.5) is 5.69 Å². The van der Waals surface area contributed by atoms with Crippen molar-refractivity contribution in [1.29, 1.82) is 0 Å². The Kier molecular flexibility index (Phi) is 5.38. The highest BCUT2D eigenvalue weighted by molar-refractivity contribution is 8.01. The molecule has 9 nitrogen and oxygen atoms in total. The van der Waals surface area contributed by atoms with Crippen LogP contribution in [0.15, 0.2) is 34.1 Å². The number of carbonyl (C=O) groups is 2. The number of thioether (sulfide) groups is 1. The first-order chi connectivity index (χ1) is 10.6. The zero-order chi connectivity index (χ0) is 15.9. The molecule has 1 aromatic carbocycles. The number of aromatic nitrogens is 2. The Balaban J connectivity index is 1.79. The first-order valence-corrected chi connectivity index (χ1v) is 7.65. The number of non-ortho nitro benzene ring substituents is 1. The highest BCUT2D eigenvalue weighted by Crippen LogP contribution is 2.18. The van der Waals surface area contributed by atoms with Gasteiger partial charge in [-0.05, 0) is 12.1 Å². The lowest BCUT2D eigenvalue weighted by molar-refractivity contribution is -0.384. The number of nitro benzene ring substituents is 1. The molecule has 0 atom stereocenters. The topological polar surface area (TPSA) is 127 Å². The zero-order valence-electron chi connectivity index (χ0n) is 10.9. The van der Waals surface area contributed by atoms with Gasteiger partial charge >= 0.3 is 0 Å². The summed E-state index contributed by atoms with van der Waals surface area (Å²) in [5.41, 5.74) is 6.10. The summed E-state index contributed by atoms with van der Waals surface area (Å²) in [7, 11) is 0. The van der Waals surface area contributed by atoms with Crippen molar-refractivity contribution in [2.24, 2.45) is 0 Å². The van der Waals surface area contributed by atoms with Crippen LogP contribution in [0.1, 0.15) is 10.4 Å². The number of hydrogen-bond donors (Lipinski definition) is 2. The van der Waals surface area contributed by atoms with E-state index in [0.717, 1.165) is 0 Å². The van der Waals surface area contributed by atoms with Crippen molar-refractivity contribution in [2.45, 2.75) is 4.34 Å². The molecule has 0 radical (unpaired) electrons. The lowest BCUT2D eigenvalue weighted by atomic mass is 10.2. The number of amides is 2. The van der Waals surface area contributed by atoms with Crippen LogP contribution in [0.3, 0.4) is 0 Å². The van der Waals surface area contributed by atoms with Crippen LogP contribution in [-0.2, 0) is 4.79 Å². The quantitative estimate of drug-likeness (QED) is 0.472. The van der Waals surface area contributed by atoms with Crippen molar-refractivity contribution in [3.8, 4) is 0 Å². The van der Waals surface area contributed by atoms with Crippen LogP contribution in [-0.4, -0.2) is 32.7 Å². The fourth-order valence-corrected chi connectivity index (χ4v) is 2.61. The Morgan fingerprint density at radius 2 is 2.00 bits per heavy atom. The smallest absolute Gasteiger partial charge is 0.269 e. The summed E-state index contributed by atoms with van der Waals surface area (Å²) in [6.07, 6.45) is 0. The monoisotopic (exact) mass is 339 g/mol. The van der Waals surface area contributed by atoms with E-state index < -0.39 is 16.7 Å². The third-order valence-electron chi connectivity index (χ3n) is 2.32. The standard InChI is InChI=1S/C11H9N5O4S2/c17-9(5-21-11-15-12-6-22-11)13-14-10(18)7-1-3-8(4-2-7)16(19)20/h1-4,6H,5H2,(H,13,17)(H,14,18). The van der Waals surface area contributed by atoms with Crippen LogP contribution in [0, 0.1) is 10.1 Å². The van der Waals surface area contributed by atoms with Crippen LogP contribution in [0.25, 0.3) is 0 Å². The van der Waals surface area contributed by atoms with Crippen LogP contribution < -0.4 is 10.9 Å². The fraction of sp³-hybridized carbons (Fsp3) is 0.0909. The molecule has 0 spiro atoms. The van der Waals surface area contributed by atoms with Crippen molar-refractivity contribution in [1.82, 2.24) is 21.0 Å². The summed E-state index contributed by atoms with van der Waals surface area (Å²) in [6.45, 7) is 0. The summed E-state index contributed by atoms with van der Waals surface area (Å²) < 4.78 is 0.650. The highest BCUT2D eigenvalue weighted by Gasteiger charge is 2.11. The van der Waals surface area contributed by atoms with E-state index in [9.17, 15) is 19.7 Å². The van der Waals surface area contributed by atoms with Gasteiger partial charge in [-0.15, -0.1) is 10.2 Å². The molecule has 2 rings (SSSR count). The molecular formula is C11H9N5O4S2. The minimum absolute atomic E-state index is 0.0791. The van der Waals surface area contributed by atoms with E-state index in [1.165, 1.54) is 47.4 Å². The summed E-state index contributed by atoms with van der Waals surface area (Å²) in [5, 5.41) is 17.9. The Bertz CT molecular complexity index is 674. The number of carbonyl (C=O) groups excluding carboxylic acids is 2. The van der Waals surface area contributed by atoms with Crippen molar-refractivity contribution in [3.05, 3.63) is 45.5 Å². The number of nitro groups is 1. The molecule has 1 heterocycles. The van der Waals surface area contributed by atoms with Gasteiger partial charge in [0.05, 0.1) is 10.7 Å². The second kappa shape index (κ2) is 7.47. The molecule has 114 valence electrons. The van der Waals surface area contributed by atoms with Gasteiger partial charge in [0.25, 0.3) is 11.6 Å². The average Bonchev–Trinajstić information content (AvgIpc) is 3.04. The van der Waals surface area contributed by atoms with Gasteiger partial charge < -0.3 is 0 Å². The lowest BCUT2D eigenvalue weighted by Crippen LogP contribution is -2.42. The molecule has 0 fully saturated rings. The molecule has 11 heteroatoms. The van der Waals surface area contributed by atoms with Crippen molar-refractivity contribution in [2.75, 3.05) is 5.75 Å². The minimum Gasteiger partial charge on any atom is -0.272 e. The van der Waals surface area contributed by atoms with Gasteiger partial charge in [-0.25, -0.2) is 0 Å². The van der Waals surface area contributed by atoms with Gasteiger partial charge in [0, 0.05) is 17.7 Å². The van der Waals surface area contributed by atoms with E-state index in [1.54, 1.807) is 5.51 Å². The van der Waals surface area contributed by atoms with Gasteiger partial charge in [-0.3, -0.25) is 30.6 Å². The Hall–Kier alpha value is -2.53. The number of hydrogen-bond acceptors (Lipinski definition) is 8. The third-order valence-corrected chi connectivity index (χ3v) is 4.18.